The Morgan fingerprint density at radius 3 is 2.59 bits per heavy atom. The lowest BCUT2D eigenvalue weighted by atomic mass is 10.2. The highest BCUT2D eigenvalue weighted by molar-refractivity contribution is 5.81. The Kier molecular flexibility index (Phi) is 6.43. The van der Waals surface area contributed by atoms with Crippen molar-refractivity contribution in [1.29, 1.82) is 0 Å². The quantitative estimate of drug-likeness (QED) is 0.575. The van der Waals surface area contributed by atoms with Gasteiger partial charge in [-0.3, -0.25) is 4.79 Å². The lowest BCUT2D eigenvalue weighted by Crippen LogP contribution is -2.39. The molecule has 0 saturated carbocycles. The number of aromatic nitrogens is 2. The molecule has 0 fully saturated rings. The van der Waals surface area contributed by atoms with E-state index in [1.165, 1.54) is 17.0 Å². The van der Waals surface area contributed by atoms with Crippen LogP contribution in [0.15, 0.2) is 53.1 Å². The van der Waals surface area contributed by atoms with Crippen molar-refractivity contribution in [3.63, 3.8) is 0 Å². The van der Waals surface area contributed by atoms with Gasteiger partial charge in [0.05, 0.1) is 13.7 Å². The van der Waals surface area contributed by atoms with E-state index in [4.69, 9.17) is 14.0 Å². The smallest absolute Gasteiger partial charge is 0.263 e. The maximum absolute atomic E-state index is 13.8. The van der Waals surface area contributed by atoms with Crippen LogP contribution >= 0.6 is 0 Å². The first-order valence-electron chi connectivity index (χ1n) is 9.15. The zero-order valence-electron chi connectivity index (χ0n) is 16.5. The largest absolute Gasteiger partial charge is 0.497 e. The van der Waals surface area contributed by atoms with Gasteiger partial charge >= 0.3 is 0 Å². The predicted molar refractivity (Wildman–Crippen MR) is 104 cm³/mol. The summed E-state index contributed by atoms with van der Waals surface area (Å²) >= 11 is 0. The average Bonchev–Trinajstić information content (AvgIpc) is 3.21. The first-order chi connectivity index (χ1) is 14.0. The molecular formula is C21H22FN3O4. The zero-order valence-corrected chi connectivity index (χ0v) is 16.5. The lowest BCUT2D eigenvalue weighted by Gasteiger charge is -2.22. The monoisotopic (exact) mass is 399 g/mol. The molecule has 7 nitrogen and oxygen atoms in total. The molecule has 0 aliphatic heterocycles. The lowest BCUT2D eigenvalue weighted by molar-refractivity contribution is -0.138. The summed E-state index contributed by atoms with van der Waals surface area (Å²) in [5.41, 5.74) is 0.768. The van der Waals surface area contributed by atoms with E-state index in [1.807, 2.05) is 12.1 Å². The second-order valence-corrected chi connectivity index (χ2v) is 6.38. The van der Waals surface area contributed by atoms with Crippen molar-refractivity contribution in [3.8, 4) is 22.9 Å². The summed E-state index contributed by atoms with van der Waals surface area (Å²) in [7, 11) is 3.20. The van der Waals surface area contributed by atoms with Crippen molar-refractivity contribution in [2.24, 2.45) is 0 Å². The van der Waals surface area contributed by atoms with Crippen molar-refractivity contribution in [1.82, 2.24) is 15.0 Å². The van der Waals surface area contributed by atoms with Crippen LogP contribution in [0.5, 0.6) is 11.5 Å². The van der Waals surface area contributed by atoms with Gasteiger partial charge in [0.2, 0.25) is 11.7 Å². The third-order valence-electron chi connectivity index (χ3n) is 4.32. The van der Waals surface area contributed by atoms with E-state index < -0.39 is 11.9 Å². The number of nitrogens with zero attached hydrogens (tertiary/aromatic N) is 3. The Morgan fingerprint density at radius 2 is 1.93 bits per heavy atom. The van der Waals surface area contributed by atoms with Gasteiger partial charge in [0.1, 0.15) is 5.75 Å². The molecule has 0 N–H and O–H groups in total. The predicted octanol–water partition coefficient (Wildman–Crippen LogP) is 3.70. The number of ether oxygens (including phenoxy) is 2. The van der Waals surface area contributed by atoms with Gasteiger partial charge in [-0.05, 0) is 42.8 Å². The molecule has 3 rings (SSSR count). The SMILES string of the molecule is CC[C@@H](Oc1ccccc1F)C(=O)N(C)Cc1nc(-c2ccc(OC)cc2)no1. The van der Waals surface area contributed by atoms with Crippen LogP contribution in [0.3, 0.4) is 0 Å². The summed E-state index contributed by atoms with van der Waals surface area (Å²) in [6, 6.07) is 13.2. The molecule has 8 heteroatoms. The van der Waals surface area contributed by atoms with Crippen LogP contribution in [0.2, 0.25) is 0 Å². The number of halogens is 1. The summed E-state index contributed by atoms with van der Waals surface area (Å²) in [6.45, 7) is 1.91. The third kappa shape index (κ3) is 4.90. The fourth-order valence-electron chi connectivity index (χ4n) is 2.70. The van der Waals surface area contributed by atoms with Crippen LogP contribution < -0.4 is 9.47 Å². The number of benzene rings is 2. The Labute approximate surface area is 168 Å². The van der Waals surface area contributed by atoms with Crippen LogP contribution in [0.4, 0.5) is 4.39 Å². The number of hydrogen-bond donors (Lipinski definition) is 0. The van der Waals surface area contributed by atoms with Crippen molar-refractivity contribution in [2.45, 2.75) is 26.0 Å². The molecule has 3 aromatic rings. The summed E-state index contributed by atoms with van der Waals surface area (Å²) in [4.78, 5) is 18.5. The summed E-state index contributed by atoms with van der Waals surface area (Å²) in [5, 5.41) is 3.95. The van der Waals surface area contributed by atoms with Crippen molar-refractivity contribution >= 4 is 5.91 Å². The number of hydrogen-bond acceptors (Lipinski definition) is 6. The third-order valence-corrected chi connectivity index (χ3v) is 4.32. The van der Waals surface area contributed by atoms with Gasteiger partial charge in [0, 0.05) is 12.6 Å². The van der Waals surface area contributed by atoms with E-state index in [-0.39, 0.29) is 24.1 Å². The van der Waals surface area contributed by atoms with Gasteiger partial charge in [0.25, 0.3) is 5.91 Å². The number of rotatable bonds is 8. The summed E-state index contributed by atoms with van der Waals surface area (Å²) in [6.07, 6.45) is -0.431. The van der Waals surface area contributed by atoms with Gasteiger partial charge < -0.3 is 18.9 Å². The zero-order chi connectivity index (χ0) is 20.8. The van der Waals surface area contributed by atoms with Crippen LogP contribution in [0.1, 0.15) is 19.2 Å². The second kappa shape index (κ2) is 9.18. The molecule has 0 saturated heterocycles. The Morgan fingerprint density at radius 1 is 1.21 bits per heavy atom. The minimum Gasteiger partial charge on any atom is -0.497 e. The van der Waals surface area contributed by atoms with Gasteiger partial charge in [-0.2, -0.15) is 4.98 Å². The van der Waals surface area contributed by atoms with E-state index in [0.717, 1.165) is 11.3 Å². The fraction of sp³-hybridized carbons (Fsp3) is 0.286. The van der Waals surface area contributed by atoms with Crippen LogP contribution in [0.25, 0.3) is 11.4 Å². The molecule has 0 aliphatic rings. The van der Waals surface area contributed by atoms with E-state index in [9.17, 15) is 9.18 Å². The number of carbonyl (C=O) groups excluding carboxylic acids is 1. The Hall–Kier alpha value is -3.42. The van der Waals surface area contributed by atoms with E-state index >= 15 is 0 Å². The number of likely N-dealkylation sites (N-methyl/N-ethyl adjacent to an activating group) is 1. The molecule has 1 atom stereocenters. The molecule has 2 aromatic carbocycles. The molecule has 1 heterocycles. The number of methoxy groups -OCH3 is 1. The average molecular weight is 399 g/mol. The summed E-state index contributed by atoms with van der Waals surface area (Å²) in [5.74, 6) is 0.650. The van der Waals surface area contributed by atoms with Gasteiger partial charge in [-0.15, -0.1) is 0 Å². The normalized spacial score (nSPS) is 11.7. The first kappa shape index (κ1) is 20.3. The topological polar surface area (TPSA) is 77.7 Å². The molecule has 0 unspecified atom stereocenters. The number of carbonyl (C=O) groups is 1. The van der Waals surface area contributed by atoms with Crippen LogP contribution in [-0.2, 0) is 11.3 Å². The highest BCUT2D eigenvalue weighted by Gasteiger charge is 2.25. The maximum atomic E-state index is 13.8. The summed E-state index contributed by atoms with van der Waals surface area (Å²) < 4.78 is 29.8. The van der Waals surface area contributed by atoms with Crippen molar-refractivity contribution < 1.29 is 23.2 Å². The molecule has 0 spiro atoms. The Balaban J connectivity index is 1.65. The highest BCUT2D eigenvalue weighted by atomic mass is 19.1. The molecule has 29 heavy (non-hydrogen) atoms. The van der Waals surface area contributed by atoms with Gasteiger partial charge in [-0.1, -0.05) is 24.2 Å². The number of amides is 1. The van der Waals surface area contributed by atoms with E-state index in [2.05, 4.69) is 10.1 Å². The molecule has 0 bridgehead atoms. The van der Waals surface area contributed by atoms with E-state index in [1.54, 1.807) is 45.3 Å². The standard InChI is InChI=1S/C21H22FN3O4/c1-4-17(28-18-8-6-5-7-16(18)22)21(26)25(2)13-19-23-20(24-29-19)14-9-11-15(27-3)12-10-14/h5-12,17H,4,13H2,1-3H3/t17-/m1/s1. The van der Waals surface area contributed by atoms with Crippen molar-refractivity contribution in [2.75, 3.05) is 14.2 Å². The molecular weight excluding hydrogens is 377 g/mol. The fourth-order valence-corrected chi connectivity index (χ4v) is 2.70. The maximum Gasteiger partial charge on any atom is 0.263 e. The minimum atomic E-state index is -0.819. The van der Waals surface area contributed by atoms with Crippen LogP contribution in [0, 0.1) is 5.82 Å². The second-order valence-electron chi connectivity index (χ2n) is 6.38. The van der Waals surface area contributed by atoms with Gasteiger partial charge in [0.15, 0.2) is 17.7 Å². The van der Waals surface area contributed by atoms with Gasteiger partial charge in [-0.25, -0.2) is 4.39 Å². The molecule has 1 aromatic heterocycles. The van der Waals surface area contributed by atoms with Crippen LogP contribution in [-0.4, -0.2) is 41.2 Å². The van der Waals surface area contributed by atoms with Crippen molar-refractivity contribution in [3.05, 3.63) is 60.2 Å². The highest BCUT2D eigenvalue weighted by Crippen LogP contribution is 2.21. The first-order valence-corrected chi connectivity index (χ1v) is 9.15. The Bertz CT molecular complexity index is 959. The number of para-hydroxylation sites is 1. The molecule has 1 amide bonds. The van der Waals surface area contributed by atoms with E-state index in [0.29, 0.717) is 12.2 Å². The molecule has 0 aliphatic carbocycles. The molecule has 152 valence electrons. The minimum absolute atomic E-state index is 0.0423. The molecule has 0 radical (unpaired) electrons.